The lowest BCUT2D eigenvalue weighted by Crippen LogP contribution is -2.58. The summed E-state index contributed by atoms with van der Waals surface area (Å²) in [5.41, 5.74) is 5.67. The van der Waals surface area contributed by atoms with Gasteiger partial charge in [-0.3, -0.25) is 28.8 Å². The molecule has 5 unspecified atom stereocenters. The fraction of sp³-hybridized carbons (Fsp3) is 0.650. The number of carbonyl (C=O) groups excluding carboxylic acids is 3. The number of carboxylic acid groups (broad SMARTS) is 4. The van der Waals surface area contributed by atoms with Crippen LogP contribution in [0.3, 0.4) is 0 Å². The van der Waals surface area contributed by atoms with Gasteiger partial charge in [0.2, 0.25) is 17.7 Å². The van der Waals surface area contributed by atoms with Crippen molar-refractivity contribution in [3.8, 4) is 0 Å². The van der Waals surface area contributed by atoms with Crippen molar-refractivity contribution in [2.75, 3.05) is 0 Å². The molecule has 0 heterocycles. The van der Waals surface area contributed by atoms with Crippen molar-refractivity contribution in [2.45, 2.75) is 76.5 Å². The van der Waals surface area contributed by atoms with Crippen LogP contribution in [-0.4, -0.2) is 86.2 Å². The van der Waals surface area contributed by atoms with E-state index in [0.29, 0.717) is 6.42 Å². The molecule has 0 rings (SSSR count). The normalized spacial score (nSPS) is 14.9. The van der Waals surface area contributed by atoms with Crippen LogP contribution in [0, 0.1) is 5.92 Å². The number of hydrogen-bond acceptors (Lipinski definition) is 8. The first-order valence-electron chi connectivity index (χ1n) is 10.7. The second-order valence-corrected chi connectivity index (χ2v) is 7.90. The van der Waals surface area contributed by atoms with Crippen LogP contribution >= 0.6 is 0 Å². The minimum absolute atomic E-state index is 0.195. The average Bonchev–Trinajstić information content (AvgIpc) is 2.76. The highest BCUT2D eigenvalue weighted by molar-refractivity contribution is 5.95. The van der Waals surface area contributed by atoms with Gasteiger partial charge in [-0.2, -0.15) is 0 Å². The Morgan fingerprint density at radius 2 is 1.23 bits per heavy atom. The SMILES string of the molecule is CCC(C)C(NC(=O)C(N)CCC(=O)O)C(=O)NC(CCC(=O)O)C(=O)NC(CC(=O)O)C(=O)O. The third kappa shape index (κ3) is 12.3. The lowest BCUT2D eigenvalue weighted by molar-refractivity contribution is -0.147. The lowest BCUT2D eigenvalue weighted by atomic mass is 9.96. The van der Waals surface area contributed by atoms with Crippen LogP contribution in [0.5, 0.6) is 0 Å². The van der Waals surface area contributed by atoms with Crippen LogP contribution < -0.4 is 21.7 Å². The fourth-order valence-corrected chi connectivity index (χ4v) is 2.82. The van der Waals surface area contributed by atoms with Gasteiger partial charge in [0.1, 0.15) is 18.1 Å². The maximum absolute atomic E-state index is 12.9. The molecular weight excluding hydrogens is 472 g/mol. The summed E-state index contributed by atoms with van der Waals surface area (Å²) in [4.78, 5) is 81.6. The minimum atomic E-state index is -1.83. The van der Waals surface area contributed by atoms with Gasteiger partial charge in [0, 0.05) is 12.8 Å². The Balaban J connectivity index is 5.62. The molecule has 0 aromatic rings. The predicted octanol–water partition coefficient (Wildman–Crippen LogP) is -1.90. The van der Waals surface area contributed by atoms with E-state index in [1.165, 1.54) is 0 Å². The molecule has 0 aliphatic carbocycles. The number of carbonyl (C=O) groups is 7. The maximum Gasteiger partial charge on any atom is 0.326 e. The van der Waals surface area contributed by atoms with Crippen molar-refractivity contribution in [3.05, 3.63) is 0 Å². The van der Waals surface area contributed by atoms with E-state index in [-0.39, 0.29) is 12.8 Å². The van der Waals surface area contributed by atoms with Gasteiger partial charge in [0.15, 0.2) is 0 Å². The number of hydrogen-bond donors (Lipinski definition) is 8. The van der Waals surface area contributed by atoms with Crippen LogP contribution in [0.1, 0.15) is 52.4 Å². The van der Waals surface area contributed by atoms with E-state index in [1.807, 2.05) is 5.32 Å². The van der Waals surface area contributed by atoms with Gasteiger partial charge in [-0.15, -0.1) is 0 Å². The maximum atomic E-state index is 12.9. The van der Waals surface area contributed by atoms with E-state index < -0.39 is 90.9 Å². The van der Waals surface area contributed by atoms with E-state index in [2.05, 4.69) is 10.6 Å². The zero-order valence-corrected chi connectivity index (χ0v) is 19.4. The molecule has 15 heteroatoms. The van der Waals surface area contributed by atoms with Crippen molar-refractivity contribution in [3.63, 3.8) is 0 Å². The summed E-state index contributed by atoms with van der Waals surface area (Å²) in [7, 11) is 0. The number of amides is 3. The van der Waals surface area contributed by atoms with Gasteiger partial charge in [0.25, 0.3) is 0 Å². The highest BCUT2D eigenvalue weighted by Gasteiger charge is 2.33. The molecule has 0 aromatic heterocycles. The molecule has 0 radical (unpaired) electrons. The molecule has 0 bridgehead atoms. The monoisotopic (exact) mass is 504 g/mol. The quantitative estimate of drug-likeness (QED) is 0.108. The highest BCUT2D eigenvalue weighted by Crippen LogP contribution is 2.11. The standard InChI is InChI=1S/C20H32N4O11/c1-3-9(2)16(24-17(31)10(21)4-6-13(25)26)19(33)22-11(5-7-14(27)28)18(32)23-12(20(34)35)8-15(29)30/h9-12,16H,3-8,21H2,1-2H3,(H,22,33)(H,23,32)(H,24,31)(H,25,26)(H,27,28)(H,29,30)(H,34,35). The third-order valence-corrected chi connectivity index (χ3v) is 5.07. The molecule has 0 aromatic carbocycles. The number of rotatable bonds is 17. The van der Waals surface area contributed by atoms with Crippen molar-refractivity contribution >= 4 is 41.6 Å². The molecular formula is C20H32N4O11. The van der Waals surface area contributed by atoms with E-state index in [9.17, 15) is 33.6 Å². The summed E-state index contributed by atoms with van der Waals surface area (Å²) in [6, 6.07) is -5.86. The largest absolute Gasteiger partial charge is 0.481 e. The molecule has 198 valence electrons. The Kier molecular flexibility index (Phi) is 13.6. The predicted molar refractivity (Wildman–Crippen MR) is 117 cm³/mol. The van der Waals surface area contributed by atoms with Gasteiger partial charge in [-0.25, -0.2) is 4.79 Å². The zero-order valence-electron chi connectivity index (χ0n) is 19.4. The Bertz CT molecular complexity index is 817. The molecule has 0 aliphatic heterocycles. The Morgan fingerprint density at radius 3 is 1.69 bits per heavy atom. The zero-order chi connectivity index (χ0) is 27.3. The summed E-state index contributed by atoms with van der Waals surface area (Å²) in [6.07, 6.45) is -2.19. The second-order valence-electron chi connectivity index (χ2n) is 7.90. The number of nitrogens with one attached hydrogen (secondary N) is 3. The van der Waals surface area contributed by atoms with Crippen LogP contribution in [0.2, 0.25) is 0 Å². The van der Waals surface area contributed by atoms with E-state index in [0.717, 1.165) is 0 Å². The molecule has 35 heavy (non-hydrogen) atoms. The van der Waals surface area contributed by atoms with E-state index in [4.69, 9.17) is 26.2 Å². The Labute approximate surface area is 200 Å². The first kappa shape index (κ1) is 31.2. The summed E-state index contributed by atoms with van der Waals surface area (Å²) < 4.78 is 0. The molecule has 5 atom stereocenters. The van der Waals surface area contributed by atoms with Crippen molar-refractivity contribution < 1.29 is 54.0 Å². The van der Waals surface area contributed by atoms with Crippen LogP contribution in [-0.2, 0) is 33.6 Å². The second kappa shape index (κ2) is 15.2. The number of carboxylic acids is 4. The van der Waals surface area contributed by atoms with Gasteiger partial charge >= 0.3 is 23.9 Å². The summed E-state index contributed by atoms with van der Waals surface area (Å²) in [5, 5.41) is 42.2. The van der Waals surface area contributed by atoms with Crippen molar-refractivity contribution in [2.24, 2.45) is 11.7 Å². The Morgan fingerprint density at radius 1 is 0.714 bits per heavy atom. The third-order valence-electron chi connectivity index (χ3n) is 5.07. The topological polar surface area (TPSA) is 263 Å². The van der Waals surface area contributed by atoms with E-state index >= 15 is 0 Å². The first-order chi connectivity index (χ1) is 16.2. The molecule has 3 amide bonds. The molecule has 0 saturated heterocycles. The lowest BCUT2D eigenvalue weighted by Gasteiger charge is -2.27. The van der Waals surface area contributed by atoms with Crippen molar-refractivity contribution in [1.82, 2.24) is 16.0 Å². The first-order valence-corrected chi connectivity index (χ1v) is 10.7. The summed E-state index contributed by atoms with van der Waals surface area (Å²) in [6.45, 7) is 3.31. The van der Waals surface area contributed by atoms with Crippen LogP contribution in [0.15, 0.2) is 0 Å². The average molecular weight is 504 g/mol. The number of nitrogens with two attached hydrogens (primary N) is 1. The molecule has 0 fully saturated rings. The van der Waals surface area contributed by atoms with Gasteiger partial charge in [-0.05, 0) is 18.8 Å². The minimum Gasteiger partial charge on any atom is -0.481 e. The smallest absolute Gasteiger partial charge is 0.326 e. The molecule has 15 nitrogen and oxygen atoms in total. The molecule has 0 aliphatic rings. The summed E-state index contributed by atoms with van der Waals surface area (Å²) in [5.74, 6) is -8.97. The molecule has 0 spiro atoms. The van der Waals surface area contributed by atoms with Crippen LogP contribution in [0.25, 0.3) is 0 Å². The van der Waals surface area contributed by atoms with Gasteiger partial charge in [-0.1, -0.05) is 20.3 Å². The molecule has 0 saturated carbocycles. The van der Waals surface area contributed by atoms with E-state index in [1.54, 1.807) is 13.8 Å². The van der Waals surface area contributed by atoms with Gasteiger partial charge < -0.3 is 42.1 Å². The summed E-state index contributed by atoms with van der Waals surface area (Å²) >= 11 is 0. The van der Waals surface area contributed by atoms with Crippen molar-refractivity contribution in [1.29, 1.82) is 0 Å². The van der Waals surface area contributed by atoms with Crippen LogP contribution in [0.4, 0.5) is 0 Å². The molecule has 9 N–H and O–H groups in total. The fourth-order valence-electron chi connectivity index (χ4n) is 2.82. The van der Waals surface area contributed by atoms with Gasteiger partial charge in [0.05, 0.1) is 12.5 Å². The highest BCUT2D eigenvalue weighted by atomic mass is 16.4. The Hall–Kier alpha value is -3.75. The number of aliphatic carboxylic acids is 4.